The van der Waals surface area contributed by atoms with E-state index in [1.807, 2.05) is 45.0 Å². The number of fused-ring (bicyclic) bond motifs is 5. The van der Waals surface area contributed by atoms with Gasteiger partial charge in [-0.25, -0.2) is 14.8 Å². The van der Waals surface area contributed by atoms with Gasteiger partial charge in [-0.15, -0.1) is 11.3 Å². The molecule has 4 aliphatic rings. The molecule has 4 N–H and O–H groups in total. The van der Waals surface area contributed by atoms with Crippen LogP contribution in [0.1, 0.15) is 82.7 Å². The zero-order valence-electron chi connectivity index (χ0n) is 36.8. The van der Waals surface area contributed by atoms with Crippen LogP contribution in [0.25, 0.3) is 43.7 Å². The monoisotopic (exact) mass is 858 g/mol. The molecule has 0 radical (unpaired) electrons. The van der Waals surface area contributed by atoms with Crippen molar-refractivity contribution in [2.24, 2.45) is 23.7 Å². The Hall–Kier alpha value is -5.63. The standard InChI is InChI=1S/C48H58N8O5S/c1-26(2)39(51-29(6)60-7)42(57)55-24-30-15-17-47(55,20-30)44-49-22-37(52-44)33-11-9-32(10-12-33)34-13-14-35(41-36(34)19-28(5)62-41)38-23-50-45(53-38)48-18-16-31(21-48)25-56(48)43(58)40(27(3)4)54-46(59)61-8/h9-14,19,22-23,26-27,30-31,39-40,51H,6,15-18,20-21,24-25H2,1-5,7-8H3,(H,49,52)(H,50,53)(H,54,59)/t30-,31-,39+,40+,47+,48+/m1/s1. The van der Waals surface area contributed by atoms with Gasteiger partial charge in [-0.3, -0.25) is 9.59 Å². The molecule has 6 atom stereocenters. The first-order valence-corrected chi connectivity index (χ1v) is 22.8. The van der Waals surface area contributed by atoms with Crippen LogP contribution >= 0.6 is 11.3 Å². The van der Waals surface area contributed by atoms with E-state index in [0.29, 0.717) is 24.3 Å². The summed E-state index contributed by atoms with van der Waals surface area (Å²) in [5.74, 6) is 2.78. The number of aryl methyl sites for hydroxylation is 1. The van der Waals surface area contributed by atoms with E-state index in [1.165, 1.54) is 17.4 Å². The van der Waals surface area contributed by atoms with Gasteiger partial charge in [0.2, 0.25) is 11.8 Å². The minimum absolute atomic E-state index is 0.0501. The van der Waals surface area contributed by atoms with E-state index in [-0.39, 0.29) is 23.7 Å². The van der Waals surface area contributed by atoms with Crippen molar-refractivity contribution in [3.63, 3.8) is 0 Å². The predicted octanol–water partition coefficient (Wildman–Crippen LogP) is 8.44. The van der Waals surface area contributed by atoms with E-state index >= 15 is 0 Å². The van der Waals surface area contributed by atoms with Crippen LogP contribution in [0.5, 0.6) is 0 Å². The van der Waals surface area contributed by atoms with E-state index < -0.39 is 29.3 Å². The maximum Gasteiger partial charge on any atom is 0.407 e. The minimum Gasteiger partial charge on any atom is -0.483 e. The number of imidazole rings is 2. The first kappa shape index (κ1) is 41.7. The molecule has 9 rings (SSSR count). The highest BCUT2D eigenvalue weighted by Crippen LogP contribution is 2.54. The zero-order chi connectivity index (χ0) is 43.7. The van der Waals surface area contributed by atoms with Gasteiger partial charge in [0.25, 0.3) is 0 Å². The third-order valence-electron chi connectivity index (χ3n) is 14.1. The molecular formula is C48H58N8O5S. The molecule has 3 aromatic heterocycles. The fourth-order valence-electron chi connectivity index (χ4n) is 10.9. The fourth-order valence-corrected chi connectivity index (χ4v) is 12.0. The highest BCUT2D eigenvalue weighted by atomic mass is 32.1. The third-order valence-corrected chi connectivity index (χ3v) is 15.2. The molecule has 2 aromatic carbocycles. The first-order valence-electron chi connectivity index (χ1n) is 22.0. The Balaban J connectivity index is 0.965. The number of benzene rings is 2. The molecule has 5 heterocycles. The number of alkyl carbamates (subject to hydrolysis) is 1. The average Bonchev–Trinajstić information content (AvgIpc) is 4.13. The lowest BCUT2D eigenvalue weighted by molar-refractivity contribution is -0.141. The van der Waals surface area contributed by atoms with Crippen LogP contribution in [-0.2, 0) is 30.1 Å². The van der Waals surface area contributed by atoms with Crippen molar-refractivity contribution >= 4 is 39.3 Å². The summed E-state index contributed by atoms with van der Waals surface area (Å²) in [6.07, 6.45) is 8.90. The van der Waals surface area contributed by atoms with E-state index in [9.17, 15) is 14.4 Å². The molecule has 326 valence electrons. The van der Waals surface area contributed by atoms with Gasteiger partial charge in [0.15, 0.2) is 5.88 Å². The molecule has 0 unspecified atom stereocenters. The second kappa shape index (κ2) is 15.9. The quantitative estimate of drug-likeness (QED) is 0.0860. The highest BCUT2D eigenvalue weighted by Gasteiger charge is 2.58. The summed E-state index contributed by atoms with van der Waals surface area (Å²) >= 11 is 1.76. The number of thiophene rings is 1. The Morgan fingerprint density at radius 1 is 0.774 bits per heavy atom. The smallest absolute Gasteiger partial charge is 0.407 e. The second-order valence-electron chi connectivity index (χ2n) is 18.6. The number of likely N-dealkylation sites (tertiary alicyclic amines) is 2. The predicted molar refractivity (Wildman–Crippen MR) is 241 cm³/mol. The lowest BCUT2D eigenvalue weighted by Gasteiger charge is -2.40. The molecule has 13 nitrogen and oxygen atoms in total. The Morgan fingerprint density at radius 3 is 1.85 bits per heavy atom. The molecule has 2 aliphatic heterocycles. The highest BCUT2D eigenvalue weighted by molar-refractivity contribution is 7.19. The summed E-state index contributed by atoms with van der Waals surface area (Å²) < 4.78 is 11.3. The maximum atomic E-state index is 14.1. The number of carbonyl (C=O) groups excluding carboxylic acids is 3. The lowest BCUT2D eigenvalue weighted by atomic mass is 9.93. The molecule has 4 bridgehead atoms. The molecule has 3 amide bonds. The summed E-state index contributed by atoms with van der Waals surface area (Å²) in [4.78, 5) is 63.1. The topological polar surface area (TPSA) is 158 Å². The van der Waals surface area contributed by atoms with Crippen LogP contribution in [0.2, 0.25) is 0 Å². The number of nitrogens with zero attached hydrogens (tertiary/aromatic N) is 4. The van der Waals surface area contributed by atoms with Gasteiger partial charge in [0.1, 0.15) is 34.8 Å². The molecule has 2 aliphatic carbocycles. The summed E-state index contributed by atoms with van der Waals surface area (Å²) in [5.41, 5.74) is 4.98. The largest absolute Gasteiger partial charge is 0.483 e. The Bertz CT molecular complexity index is 2540. The SMILES string of the molecule is C=C(N[C@H](C(=O)N1C[C@@H]2CC[C@@]1(c1nc(-c3ccc(-c4ccc(-c5c[nH]c([C@@]67CC[C@@H](CN6C(=O)[C@@H](NC(=O)OC)C(C)C)C7)n5)c5sc(C)cc45)cc3)c[nH]1)C2)C(C)C)OC. The van der Waals surface area contributed by atoms with Gasteiger partial charge in [0, 0.05) is 51.6 Å². The van der Waals surface area contributed by atoms with Crippen molar-refractivity contribution in [2.45, 2.75) is 96.3 Å². The minimum atomic E-state index is -0.691. The van der Waals surface area contributed by atoms with Crippen LogP contribution in [0.3, 0.4) is 0 Å². The number of aromatic nitrogens is 4. The van der Waals surface area contributed by atoms with Gasteiger partial charge in [-0.05, 0) is 92.9 Å². The van der Waals surface area contributed by atoms with Crippen LogP contribution in [0.15, 0.2) is 67.3 Å². The third kappa shape index (κ3) is 6.94. The molecule has 4 fully saturated rings. The second-order valence-corrected chi connectivity index (χ2v) is 19.9. The molecule has 14 heteroatoms. The molecule has 62 heavy (non-hydrogen) atoms. The van der Waals surface area contributed by atoms with Crippen LogP contribution in [0, 0.1) is 30.6 Å². The van der Waals surface area contributed by atoms with E-state index in [4.69, 9.17) is 19.4 Å². The van der Waals surface area contributed by atoms with Crippen LogP contribution in [-0.4, -0.2) is 87.0 Å². The van der Waals surface area contributed by atoms with Crippen LogP contribution in [0.4, 0.5) is 4.79 Å². The fraction of sp³-hybridized carbons (Fsp3) is 0.479. The van der Waals surface area contributed by atoms with Crippen LogP contribution < -0.4 is 10.6 Å². The van der Waals surface area contributed by atoms with Crippen molar-refractivity contribution in [2.75, 3.05) is 27.3 Å². The molecule has 2 saturated heterocycles. The zero-order valence-corrected chi connectivity index (χ0v) is 37.6. The normalized spacial score (nSPS) is 23.7. The molecular weight excluding hydrogens is 801 g/mol. The summed E-state index contributed by atoms with van der Waals surface area (Å²) in [5, 5.41) is 7.16. The number of H-pyrrole nitrogens is 2. The van der Waals surface area contributed by atoms with Crippen molar-refractivity contribution < 1.29 is 23.9 Å². The number of ether oxygens (including phenoxy) is 2. The van der Waals surface area contributed by atoms with E-state index in [0.717, 1.165) is 95.1 Å². The number of amides is 3. The van der Waals surface area contributed by atoms with E-state index in [2.05, 4.69) is 81.5 Å². The summed E-state index contributed by atoms with van der Waals surface area (Å²) in [6.45, 7) is 15.4. The maximum absolute atomic E-state index is 14.1. The van der Waals surface area contributed by atoms with Gasteiger partial charge >= 0.3 is 6.09 Å². The number of hydrogen-bond acceptors (Lipinski definition) is 9. The number of piperidine rings is 2. The summed E-state index contributed by atoms with van der Waals surface area (Å²) in [6, 6.07) is 14.1. The van der Waals surface area contributed by atoms with Gasteiger partial charge in [0.05, 0.1) is 25.6 Å². The number of rotatable bonds is 13. The van der Waals surface area contributed by atoms with Gasteiger partial charge in [-0.2, -0.15) is 0 Å². The average molecular weight is 859 g/mol. The Kier molecular flexibility index (Phi) is 10.7. The number of methoxy groups -OCH3 is 2. The molecule has 0 spiro atoms. The van der Waals surface area contributed by atoms with Crippen molar-refractivity contribution in [3.8, 4) is 33.6 Å². The molecule has 2 saturated carbocycles. The van der Waals surface area contributed by atoms with Crippen molar-refractivity contribution in [1.29, 1.82) is 0 Å². The van der Waals surface area contributed by atoms with Crippen molar-refractivity contribution in [1.82, 2.24) is 40.4 Å². The first-order chi connectivity index (χ1) is 29.7. The Labute approximate surface area is 367 Å². The number of hydrogen-bond donors (Lipinski definition) is 4. The van der Waals surface area contributed by atoms with Gasteiger partial charge in [-0.1, -0.05) is 64.1 Å². The number of nitrogens with one attached hydrogen (secondary N) is 4. The number of aromatic amines is 2. The number of carbonyl (C=O) groups is 3. The lowest BCUT2D eigenvalue weighted by Crippen LogP contribution is -2.56. The van der Waals surface area contributed by atoms with Gasteiger partial charge < -0.3 is 39.9 Å². The van der Waals surface area contributed by atoms with Crippen molar-refractivity contribution in [3.05, 3.63) is 83.8 Å². The summed E-state index contributed by atoms with van der Waals surface area (Å²) in [7, 11) is 2.87. The Morgan fingerprint density at radius 2 is 1.31 bits per heavy atom. The van der Waals surface area contributed by atoms with E-state index in [1.54, 1.807) is 18.4 Å². The molecule has 5 aromatic rings.